The summed E-state index contributed by atoms with van der Waals surface area (Å²) in [6.07, 6.45) is 0. The second-order valence-corrected chi connectivity index (χ2v) is 13.7. The molecule has 0 heteroatoms. The Kier molecular flexibility index (Phi) is 5.76. The summed E-state index contributed by atoms with van der Waals surface area (Å²) in [5.74, 6) is 0. The van der Waals surface area contributed by atoms with E-state index in [2.05, 4.69) is 182 Å². The highest BCUT2D eigenvalue weighted by molar-refractivity contribution is 6.25. The topological polar surface area (TPSA) is 0 Å². The first-order valence-electron chi connectivity index (χ1n) is 17.4. The first kappa shape index (κ1) is 27.5. The maximum atomic E-state index is 2.39. The summed E-state index contributed by atoms with van der Waals surface area (Å²) in [7, 11) is 0. The quantitative estimate of drug-likeness (QED) is 0.170. The number of hydrogen-bond acceptors (Lipinski definition) is 0. The van der Waals surface area contributed by atoms with Crippen molar-refractivity contribution >= 4 is 53.9 Å². The monoisotopic (exact) mass is 630 g/mol. The highest BCUT2D eigenvalue weighted by Crippen LogP contribution is 2.48. The van der Waals surface area contributed by atoms with Crippen molar-refractivity contribution < 1.29 is 0 Å². The number of fused-ring (bicyclic) bond motifs is 10. The minimum Gasteiger partial charge on any atom is -0.0616 e. The van der Waals surface area contributed by atoms with Gasteiger partial charge in [-0.2, -0.15) is 0 Å². The molecule has 0 saturated heterocycles. The van der Waals surface area contributed by atoms with Crippen molar-refractivity contribution in [3.05, 3.63) is 182 Å². The van der Waals surface area contributed by atoms with Crippen LogP contribution in [0.25, 0.3) is 109 Å². The molecule has 0 aliphatic heterocycles. The second kappa shape index (κ2) is 10.5. The largest absolute Gasteiger partial charge is 0.0616 e. The zero-order valence-electron chi connectivity index (χ0n) is 27.3. The Hall–Kier alpha value is -6.50. The zero-order chi connectivity index (χ0) is 32.8. The van der Waals surface area contributed by atoms with Crippen LogP contribution < -0.4 is 0 Å². The summed E-state index contributed by atoms with van der Waals surface area (Å²) in [5.41, 5.74) is 12.8. The van der Waals surface area contributed by atoms with Gasteiger partial charge in [0.15, 0.2) is 0 Å². The van der Waals surface area contributed by atoms with Crippen LogP contribution in [0, 0.1) is 0 Å². The maximum Gasteiger partial charge on any atom is -0.00259 e. The van der Waals surface area contributed by atoms with Crippen molar-refractivity contribution in [2.45, 2.75) is 0 Å². The van der Waals surface area contributed by atoms with Gasteiger partial charge in [0.1, 0.15) is 0 Å². The average Bonchev–Trinajstić information content (AvgIpc) is 3.52. The van der Waals surface area contributed by atoms with E-state index < -0.39 is 0 Å². The van der Waals surface area contributed by atoms with Crippen LogP contribution in [0.2, 0.25) is 0 Å². The van der Waals surface area contributed by atoms with Gasteiger partial charge in [0, 0.05) is 0 Å². The van der Waals surface area contributed by atoms with Crippen molar-refractivity contribution in [3.8, 4) is 55.6 Å². The van der Waals surface area contributed by atoms with Crippen molar-refractivity contribution in [3.63, 3.8) is 0 Å². The van der Waals surface area contributed by atoms with Crippen LogP contribution in [0.15, 0.2) is 182 Å². The Morgan fingerprint density at radius 1 is 0.200 bits per heavy atom. The Morgan fingerprint density at radius 3 is 1.34 bits per heavy atom. The van der Waals surface area contributed by atoms with Crippen molar-refractivity contribution in [1.82, 2.24) is 0 Å². The van der Waals surface area contributed by atoms with Crippen LogP contribution in [0.1, 0.15) is 0 Å². The van der Waals surface area contributed by atoms with Gasteiger partial charge in [0.05, 0.1) is 0 Å². The predicted octanol–water partition coefficient (Wildman–Crippen LogP) is 14.1. The lowest BCUT2D eigenvalue weighted by Gasteiger charge is -2.13. The molecule has 0 bridgehead atoms. The van der Waals surface area contributed by atoms with Crippen LogP contribution in [0.3, 0.4) is 0 Å². The second-order valence-electron chi connectivity index (χ2n) is 13.7. The minimum atomic E-state index is 1.23. The third kappa shape index (κ3) is 4.06. The highest BCUT2D eigenvalue weighted by atomic mass is 14.2. The van der Waals surface area contributed by atoms with Gasteiger partial charge in [-0.05, 0) is 146 Å². The molecule has 11 rings (SSSR count). The fourth-order valence-corrected chi connectivity index (χ4v) is 8.55. The maximum absolute atomic E-state index is 2.39. The summed E-state index contributed by atoms with van der Waals surface area (Å²) < 4.78 is 0. The Morgan fingerprint density at radius 2 is 0.660 bits per heavy atom. The molecule has 0 aromatic heterocycles. The van der Waals surface area contributed by atoms with Crippen LogP contribution in [0.5, 0.6) is 0 Å². The van der Waals surface area contributed by atoms with Crippen LogP contribution in [-0.4, -0.2) is 0 Å². The molecule has 0 atom stereocenters. The van der Waals surface area contributed by atoms with Crippen LogP contribution in [0.4, 0.5) is 0 Å². The molecule has 0 fully saturated rings. The molecule has 0 heterocycles. The summed E-state index contributed by atoms with van der Waals surface area (Å²) in [4.78, 5) is 0. The molecule has 10 aromatic carbocycles. The third-order valence-electron chi connectivity index (χ3n) is 10.9. The third-order valence-corrected chi connectivity index (χ3v) is 10.9. The number of benzene rings is 10. The van der Waals surface area contributed by atoms with E-state index in [0.717, 1.165) is 0 Å². The van der Waals surface area contributed by atoms with E-state index in [1.807, 2.05) is 0 Å². The van der Waals surface area contributed by atoms with Gasteiger partial charge < -0.3 is 0 Å². The Bertz CT molecular complexity index is 3000. The average molecular weight is 631 g/mol. The van der Waals surface area contributed by atoms with Gasteiger partial charge in [0.2, 0.25) is 0 Å². The van der Waals surface area contributed by atoms with E-state index >= 15 is 0 Å². The summed E-state index contributed by atoms with van der Waals surface area (Å²) in [6.45, 7) is 0. The molecule has 1 aliphatic rings. The van der Waals surface area contributed by atoms with Crippen molar-refractivity contribution in [1.29, 1.82) is 0 Å². The van der Waals surface area contributed by atoms with E-state index in [1.165, 1.54) is 109 Å². The molecule has 50 heavy (non-hydrogen) atoms. The van der Waals surface area contributed by atoms with E-state index in [9.17, 15) is 0 Å². The molecule has 0 spiro atoms. The van der Waals surface area contributed by atoms with Gasteiger partial charge >= 0.3 is 0 Å². The van der Waals surface area contributed by atoms with Gasteiger partial charge in [0.25, 0.3) is 0 Å². The van der Waals surface area contributed by atoms with E-state index in [4.69, 9.17) is 0 Å². The molecule has 230 valence electrons. The fraction of sp³-hybridized carbons (Fsp3) is 0. The first-order valence-corrected chi connectivity index (χ1v) is 17.4. The van der Waals surface area contributed by atoms with Gasteiger partial charge in [-0.1, -0.05) is 146 Å². The molecule has 0 unspecified atom stereocenters. The zero-order valence-corrected chi connectivity index (χ0v) is 27.3. The molecular weight excluding hydrogens is 601 g/mol. The first-order chi connectivity index (χ1) is 24.8. The lowest BCUT2D eigenvalue weighted by Crippen LogP contribution is -1.86. The lowest BCUT2D eigenvalue weighted by molar-refractivity contribution is 1.61. The standard InChI is InChI=1S/C50H30/c1-2-14-42-40(12-1)41-13-3-5-16-44(41)48-29-37(23-24-46(42)48)32-10-7-9-31(25-32)33-19-20-35-27-36(22-21-34(35)26-33)39-28-38-11-8-18-47-43-15-4-6-17-45(43)49(30-39)50(38)47/h1-30H. The highest BCUT2D eigenvalue weighted by Gasteiger charge is 2.21. The molecule has 10 aromatic rings. The molecule has 0 amide bonds. The van der Waals surface area contributed by atoms with Crippen molar-refractivity contribution in [2.24, 2.45) is 0 Å². The normalized spacial score (nSPS) is 12.0. The van der Waals surface area contributed by atoms with Gasteiger partial charge in [-0.15, -0.1) is 0 Å². The molecule has 0 nitrogen and oxygen atoms in total. The lowest BCUT2D eigenvalue weighted by atomic mass is 9.91. The minimum absolute atomic E-state index is 1.23. The molecule has 0 radical (unpaired) electrons. The molecule has 0 N–H and O–H groups in total. The van der Waals surface area contributed by atoms with Crippen LogP contribution in [-0.2, 0) is 0 Å². The smallest absolute Gasteiger partial charge is 0.00259 e. The van der Waals surface area contributed by atoms with E-state index in [0.29, 0.717) is 0 Å². The Balaban J connectivity index is 0.974. The van der Waals surface area contributed by atoms with Gasteiger partial charge in [-0.3, -0.25) is 0 Å². The fourth-order valence-electron chi connectivity index (χ4n) is 8.55. The summed E-state index contributed by atoms with van der Waals surface area (Å²) >= 11 is 0. The van der Waals surface area contributed by atoms with Crippen LogP contribution >= 0.6 is 0 Å². The Labute approximate surface area is 290 Å². The predicted molar refractivity (Wildman–Crippen MR) is 215 cm³/mol. The molecule has 1 aliphatic carbocycles. The summed E-state index contributed by atoms with van der Waals surface area (Å²) in [6, 6.07) is 67.6. The van der Waals surface area contributed by atoms with Gasteiger partial charge in [-0.25, -0.2) is 0 Å². The number of hydrogen-bond donors (Lipinski definition) is 0. The SMILES string of the molecule is c1cc(-c2ccc3cc(-c4cc5c6c(cccc6c4)-c4ccccc4-5)ccc3c2)cc(-c2ccc3c4ccccc4c4ccccc4c3c2)c1. The molecule has 0 saturated carbocycles. The molecular formula is C50H30. The van der Waals surface area contributed by atoms with E-state index in [1.54, 1.807) is 0 Å². The summed E-state index contributed by atoms with van der Waals surface area (Å²) in [5, 5.41) is 13.0. The van der Waals surface area contributed by atoms with Crippen molar-refractivity contribution in [2.75, 3.05) is 0 Å². The number of rotatable bonds is 3. The van der Waals surface area contributed by atoms with E-state index in [-0.39, 0.29) is 0 Å².